The summed E-state index contributed by atoms with van der Waals surface area (Å²) in [5.74, 6) is 0.543. The van der Waals surface area contributed by atoms with Crippen molar-refractivity contribution in [2.75, 3.05) is 45.9 Å². The van der Waals surface area contributed by atoms with Crippen LogP contribution in [0.4, 0.5) is 0 Å². The van der Waals surface area contributed by atoms with Gasteiger partial charge in [-0.2, -0.15) is 0 Å². The third-order valence-electron chi connectivity index (χ3n) is 6.31. The Bertz CT molecular complexity index is 927. The molecule has 1 unspecified atom stereocenters. The van der Waals surface area contributed by atoms with Crippen molar-refractivity contribution in [1.82, 2.24) is 10.2 Å². The van der Waals surface area contributed by atoms with Crippen LogP contribution in [0.1, 0.15) is 36.8 Å². The maximum atomic E-state index is 10.6. The fourth-order valence-corrected chi connectivity index (χ4v) is 4.31. The van der Waals surface area contributed by atoms with Crippen molar-refractivity contribution >= 4 is 5.97 Å². The Morgan fingerprint density at radius 2 is 1.53 bits per heavy atom. The first kappa shape index (κ1) is 26.0. The minimum atomic E-state index is -1.38. The number of ether oxygens (including phenoxy) is 2. The molecule has 7 heteroatoms. The van der Waals surface area contributed by atoms with E-state index in [4.69, 9.17) is 14.6 Å². The van der Waals surface area contributed by atoms with Crippen LogP contribution in [0.3, 0.4) is 0 Å². The highest BCUT2D eigenvalue weighted by Crippen LogP contribution is 2.35. The van der Waals surface area contributed by atoms with Crippen LogP contribution in [0.5, 0.6) is 11.5 Å². The minimum absolute atomic E-state index is 0.0276. The zero-order chi connectivity index (χ0) is 24.3. The predicted octanol–water partition coefficient (Wildman–Crippen LogP) is 3.64. The van der Waals surface area contributed by atoms with Gasteiger partial charge in [-0.1, -0.05) is 24.3 Å². The normalized spacial score (nSPS) is 14.8. The van der Waals surface area contributed by atoms with Gasteiger partial charge in [-0.3, -0.25) is 0 Å². The summed E-state index contributed by atoms with van der Waals surface area (Å²) >= 11 is 0. The van der Waals surface area contributed by atoms with Crippen LogP contribution in [0.2, 0.25) is 0 Å². The van der Waals surface area contributed by atoms with Crippen molar-refractivity contribution in [3.63, 3.8) is 0 Å². The first-order chi connectivity index (χ1) is 16.5. The van der Waals surface area contributed by atoms with Gasteiger partial charge in [0.25, 0.3) is 0 Å². The number of carbonyl (C=O) groups is 1. The van der Waals surface area contributed by atoms with Crippen molar-refractivity contribution < 1.29 is 24.5 Å². The lowest BCUT2D eigenvalue weighted by Gasteiger charge is -2.18. The summed E-state index contributed by atoms with van der Waals surface area (Å²) in [6.45, 7) is 9.53. The second-order valence-electron chi connectivity index (χ2n) is 8.87. The third-order valence-corrected chi connectivity index (χ3v) is 6.31. The number of likely N-dealkylation sites (tertiary alicyclic amines) is 1. The third kappa shape index (κ3) is 7.45. The lowest BCUT2D eigenvalue weighted by atomic mass is 9.95. The Morgan fingerprint density at radius 3 is 2.09 bits per heavy atom. The predicted molar refractivity (Wildman–Crippen MR) is 134 cm³/mol. The van der Waals surface area contributed by atoms with Crippen LogP contribution in [0.15, 0.2) is 36.4 Å². The van der Waals surface area contributed by atoms with Gasteiger partial charge in [0, 0.05) is 13.1 Å². The fraction of sp³-hybridized carbons (Fsp3) is 0.519. The molecule has 0 aromatic heterocycles. The first-order valence-corrected chi connectivity index (χ1v) is 12.3. The van der Waals surface area contributed by atoms with Crippen molar-refractivity contribution in [2.45, 2.75) is 45.6 Å². The van der Waals surface area contributed by atoms with Crippen LogP contribution in [0, 0.1) is 13.8 Å². The zero-order valence-corrected chi connectivity index (χ0v) is 20.4. The average molecular weight is 471 g/mol. The molecule has 3 N–H and O–H groups in total. The molecule has 0 aliphatic carbocycles. The van der Waals surface area contributed by atoms with Crippen molar-refractivity contribution in [3.8, 4) is 22.6 Å². The average Bonchev–Trinajstić information content (AvgIpc) is 3.34. The van der Waals surface area contributed by atoms with Crippen LogP contribution in [-0.4, -0.2) is 73.1 Å². The summed E-state index contributed by atoms with van der Waals surface area (Å²) in [6, 6.07) is 12.3. The second kappa shape index (κ2) is 13.3. The molecule has 0 spiro atoms. The molecular formula is C27H38N2O5. The van der Waals surface area contributed by atoms with E-state index in [2.05, 4.69) is 36.2 Å². The van der Waals surface area contributed by atoms with Crippen molar-refractivity contribution in [3.05, 3.63) is 47.5 Å². The van der Waals surface area contributed by atoms with E-state index >= 15 is 0 Å². The SMILES string of the molecule is Cc1c(OCCCNCC(O)C(=O)O)cccc1-c1cccc(OCCCN2CCCC2)c1C. The molecule has 7 nitrogen and oxygen atoms in total. The number of hydrogen-bond donors (Lipinski definition) is 3. The highest BCUT2D eigenvalue weighted by molar-refractivity contribution is 5.74. The number of aliphatic hydroxyl groups is 1. The van der Waals surface area contributed by atoms with E-state index in [9.17, 15) is 9.90 Å². The molecule has 1 atom stereocenters. The summed E-state index contributed by atoms with van der Waals surface area (Å²) in [5.41, 5.74) is 4.47. The molecule has 0 radical (unpaired) electrons. The highest BCUT2D eigenvalue weighted by Gasteiger charge is 2.14. The molecule has 3 rings (SSSR count). The Kier molecular flexibility index (Phi) is 10.2. The standard InChI is InChI=1S/C27H38N2O5/c1-20-22(9-5-11-25(20)33-17-7-13-28-19-24(30)27(31)32)23-10-6-12-26(21(23)2)34-18-8-16-29-14-3-4-15-29/h5-6,9-12,24,28,30H,3-4,7-8,13-19H2,1-2H3,(H,31,32). The maximum absolute atomic E-state index is 10.6. The Labute approximate surface area is 202 Å². The van der Waals surface area contributed by atoms with E-state index < -0.39 is 12.1 Å². The van der Waals surface area contributed by atoms with Crippen molar-refractivity contribution in [2.24, 2.45) is 0 Å². The van der Waals surface area contributed by atoms with Gasteiger partial charge in [-0.15, -0.1) is 0 Å². The summed E-state index contributed by atoms with van der Waals surface area (Å²) in [5, 5.41) is 20.9. The topological polar surface area (TPSA) is 91.3 Å². The van der Waals surface area contributed by atoms with Gasteiger partial charge in [0.15, 0.2) is 6.10 Å². The Balaban J connectivity index is 1.53. The number of rotatable bonds is 14. The van der Waals surface area contributed by atoms with Gasteiger partial charge in [0.1, 0.15) is 11.5 Å². The van der Waals surface area contributed by atoms with Gasteiger partial charge < -0.3 is 29.9 Å². The molecule has 34 heavy (non-hydrogen) atoms. The fourth-order valence-electron chi connectivity index (χ4n) is 4.31. The molecule has 1 saturated heterocycles. The number of benzene rings is 2. The number of carboxylic acid groups (broad SMARTS) is 1. The van der Waals surface area contributed by atoms with Gasteiger partial charge >= 0.3 is 5.97 Å². The number of carboxylic acids is 1. The highest BCUT2D eigenvalue weighted by atomic mass is 16.5. The lowest BCUT2D eigenvalue weighted by molar-refractivity contribution is -0.146. The van der Waals surface area contributed by atoms with Gasteiger partial charge in [-0.05, 0) is 93.6 Å². The smallest absolute Gasteiger partial charge is 0.333 e. The minimum Gasteiger partial charge on any atom is -0.493 e. The molecule has 1 aliphatic rings. The molecule has 0 bridgehead atoms. The molecule has 1 aliphatic heterocycles. The van der Waals surface area contributed by atoms with Crippen molar-refractivity contribution in [1.29, 1.82) is 0 Å². The number of aliphatic hydroxyl groups excluding tert-OH is 1. The lowest BCUT2D eigenvalue weighted by Crippen LogP contribution is -2.33. The second-order valence-corrected chi connectivity index (χ2v) is 8.87. The van der Waals surface area contributed by atoms with Crippen LogP contribution in [0.25, 0.3) is 11.1 Å². The van der Waals surface area contributed by atoms with E-state index in [1.54, 1.807) is 0 Å². The molecule has 1 heterocycles. The zero-order valence-electron chi connectivity index (χ0n) is 20.4. The molecule has 0 amide bonds. The molecular weight excluding hydrogens is 432 g/mol. The van der Waals surface area contributed by atoms with Gasteiger partial charge in [-0.25, -0.2) is 4.79 Å². The Hall–Kier alpha value is -2.61. The van der Waals surface area contributed by atoms with Gasteiger partial charge in [0.05, 0.1) is 13.2 Å². The Morgan fingerprint density at radius 1 is 0.971 bits per heavy atom. The number of nitrogens with zero attached hydrogens (tertiary/aromatic N) is 1. The van der Waals surface area contributed by atoms with Crippen LogP contribution in [-0.2, 0) is 4.79 Å². The summed E-state index contributed by atoms with van der Waals surface area (Å²) in [7, 11) is 0. The van der Waals surface area contributed by atoms with E-state index in [-0.39, 0.29) is 6.54 Å². The maximum Gasteiger partial charge on any atom is 0.333 e. The largest absolute Gasteiger partial charge is 0.493 e. The summed E-state index contributed by atoms with van der Waals surface area (Å²) in [6.07, 6.45) is 3.00. The van der Waals surface area contributed by atoms with E-state index in [0.29, 0.717) is 19.6 Å². The van der Waals surface area contributed by atoms with E-state index in [0.717, 1.165) is 53.3 Å². The van der Waals surface area contributed by atoms with Gasteiger partial charge in [0.2, 0.25) is 0 Å². The molecule has 186 valence electrons. The monoisotopic (exact) mass is 470 g/mol. The van der Waals surface area contributed by atoms with Crippen LogP contribution < -0.4 is 14.8 Å². The molecule has 1 fully saturated rings. The first-order valence-electron chi connectivity index (χ1n) is 12.3. The number of hydrogen-bond acceptors (Lipinski definition) is 6. The summed E-state index contributed by atoms with van der Waals surface area (Å²) in [4.78, 5) is 13.1. The molecule has 2 aromatic carbocycles. The number of aliphatic carboxylic acids is 1. The summed E-state index contributed by atoms with van der Waals surface area (Å²) < 4.78 is 12.1. The molecule has 2 aromatic rings. The number of nitrogens with one attached hydrogen (secondary N) is 1. The van der Waals surface area contributed by atoms with E-state index in [1.165, 1.54) is 25.9 Å². The molecule has 0 saturated carbocycles. The van der Waals surface area contributed by atoms with Crippen LogP contribution >= 0.6 is 0 Å². The quantitative estimate of drug-likeness (QED) is 0.363. The van der Waals surface area contributed by atoms with E-state index in [1.807, 2.05) is 24.3 Å².